The molecule has 0 unspecified atom stereocenters. The van der Waals surface area contributed by atoms with Gasteiger partial charge in [0.15, 0.2) is 0 Å². The highest BCUT2D eigenvalue weighted by Crippen LogP contribution is 2.38. The van der Waals surface area contributed by atoms with Crippen molar-refractivity contribution >= 4 is 21.7 Å². The number of ether oxygens (including phenoxy) is 1. The SMILES string of the molecule is CCCCCOc1cc(C)nc2c(-c3c(C)cc(C)cc3C)nsc12. The summed E-state index contributed by atoms with van der Waals surface area (Å²) in [5, 5.41) is 0. The van der Waals surface area contributed by atoms with Crippen LogP contribution < -0.4 is 4.74 Å². The number of hydrogen-bond donors (Lipinski definition) is 0. The average Bonchev–Trinajstić information content (AvgIpc) is 2.94. The van der Waals surface area contributed by atoms with Gasteiger partial charge in [-0.2, -0.15) is 4.37 Å². The Morgan fingerprint density at radius 2 is 1.72 bits per heavy atom. The van der Waals surface area contributed by atoms with Crippen LogP contribution in [0.25, 0.3) is 21.5 Å². The fourth-order valence-electron chi connectivity index (χ4n) is 3.37. The topological polar surface area (TPSA) is 35.0 Å². The van der Waals surface area contributed by atoms with Crippen molar-refractivity contribution in [3.05, 3.63) is 40.6 Å². The number of pyridine rings is 1. The maximum atomic E-state index is 6.06. The summed E-state index contributed by atoms with van der Waals surface area (Å²) in [6.45, 7) is 11.4. The molecule has 25 heavy (non-hydrogen) atoms. The molecule has 2 heterocycles. The first-order valence-corrected chi connectivity index (χ1v) is 9.76. The molecule has 3 rings (SSSR count). The zero-order valence-corrected chi connectivity index (χ0v) is 16.6. The molecule has 2 aromatic heterocycles. The van der Waals surface area contributed by atoms with Crippen molar-refractivity contribution in [2.24, 2.45) is 0 Å². The predicted octanol–water partition coefficient (Wildman–Crippen LogP) is 6.16. The molecule has 0 amide bonds. The van der Waals surface area contributed by atoms with Crippen LogP contribution in [0.3, 0.4) is 0 Å². The lowest BCUT2D eigenvalue weighted by molar-refractivity contribution is 0.310. The number of aryl methyl sites for hydroxylation is 4. The highest BCUT2D eigenvalue weighted by atomic mass is 32.1. The van der Waals surface area contributed by atoms with Gasteiger partial charge in [-0.25, -0.2) is 4.98 Å². The second-order valence-corrected chi connectivity index (χ2v) is 7.57. The van der Waals surface area contributed by atoms with Crippen LogP contribution in [0.4, 0.5) is 0 Å². The van der Waals surface area contributed by atoms with Crippen LogP contribution in [-0.4, -0.2) is 16.0 Å². The summed E-state index contributed by atoms with van der Waals surface area (Å²) in [7, 11) is 0. The van der Waals surface area contributed by atoms with Gasteiger partial charge in [-0.1, -0.05) is 37.5 Å². The largest absolute Gasteiger partial charge is 0.492 e. The maximum absolute atomic E-state index is 6.06. The van der Waals surface area contributed by atoms with Crippen LogP contribution in [0.15, 0.2) is 18.2 Å². The minimum atomic E-state index is 0.752. The van der Waals surface area contributed by atoms with E-state index in [2.05, 4.69) is 39.8 Å². The lowest BCUT2D eigenvalue weighted by Gasteiger charge is -2.10. The van der Waals surface area contributed by atoms with Gasteiger partial charge in [0.05, 0.1) is 6.61 Å². The second kappa shape index (κ2) is 7.52. The number of hydrogen-bond acceptors (Lipinski definition) is 4. The smallest absolute Gasteiger partial charge is 0.142 e. The normalized spacial score (nSPS) is 11.2. The van der Waals surface area contributed by atoms with E-state index >= 15 is 0 Å². The summed E-state index contributed by atoms with van der Waals surface area (Å²) in [4.78, 5) is 4.79. The van der Waals surface area contributed by atoms with Crippen molar-refractivity contribution in [2.75, 3.05) is 6.61 Å². The Labute approximate surface area is 154 Å². The van der Waals surface area contributed by atoms with Crippen LogP contribution >= 0.6 is 11.5 Å². The van der Waals surface area contributed by atoms with Crippen LogP contribution in [-0.2, 0) is 0 Å². The van der Waals surface area contributed by atoms with Gasteiger partial charge in [0.2, 0.25) is 0 Å². The molecule has 0 fully saturated rings. The van der Waals surface area contributed by atoms with Crippen LogP contribution in [0.1, 0.15) is 48.6 Å². The molecular weight excluding hydrogens is 328 g/mol. The Balaban J connectivity index is 2.06. The van der Waals surface area contributed by atoms with Crippen LogP contribution in [0.5, 0.6) is 5.75 Å². The molecule has 0 spiro atoms. The molecule has 0 atom stereocenters. The molecule has 0 N–H and O–H groups in total. The van der Waals surface area contributed by atoms with Crippen LogP contribution in [0.2, 0.25) is 0 Å². The van der Waals surface area contributed by atoms with Gasteiger partial charge in [0.1, 0.15) is 21.7 Å². The van der Waals surface area contributed by atoms with Crippen molar-refractivity contribution < 1.29 is 4.74 Å². The third-order valence-electron chi connectivity index (χ3n) is 4.44. The second-order valence-electron chi connectivity index (χ2n) is 6.80. The number of benzene rings is 1. The van der Waals surface area contributed by atoms with E-state index < -0.39 is 0 Å². The Morgan fingerprint density at radius 3 is 2.40 bits per heavy atom. The Kier molecular flexibility index (Phi) is 5.38. The van der Waals surface area contributed by atoms with Crippen molar-refractivity contribution in [3.63, 3.8) is 0 Å². The molecule has 132 valence electrons. The van der Waals surface area contributed by atoms with E-state index in [1.807, 2.05) is 13.0 Å². The zero-order chi connectivity index (χ0) is 18.0. The standard InChI is InChI=1S/C21H26N2OS/c1-6-7-8-9-24-17-12-16(5)22-20-19(23-25-21(17)20)18-14(3)10-13(2)11-15(18)4/h10-12H,6-9H2,1-5H3. The van der Waals surface area contributed by atoms with Gasteiger partial charge in [-0.15, -0.1) is 0 Å². The number of aromatic nitrogens is 2. The van der Waals surface area contributed by atoms with E-state index in [9.17, 15) is 0 Å². The Morgan fingerprint density at radius 1 is 1.00 bits per heavy atom. The highest BCUT2D eigenvalue weighted by Gasteiger charge is 2.18. The average molecular weight is 355 g/mol. The molecule has 0 aliphatic rings. The van der Waals surface area contributed by atoms with E-state index in [0.717, 1.165) is 40.4 Å². The predicted molar refractivity (Wildman–Crippen MR) is 107 cm³/mol. The van der Waals surface area contributed by atoms with Gasteiger partial charge >= 0.3 is 0 Å². The summed E-state index contributed by atoms with van der Waals surface area (Å²) < 4.78 is 11.9. The van der Waals surface area contributed by atoms with E-state index in [-0.39, 0.29) is 0 Å². The minimum absolute atomic E-state index is 0.752. The molecule has 0 saturated carbocycles. The van der Waals surface area contributed by atoms with Gasteiger partial charge in [-0.3, -0.25) is 0 Å². The highest BCUT2D eigenvalue weighted by molar-refractivity contribution is 7.14. The third kappa shape index (κ3) is 3.69. The first-order chi connectivity index (χ1) is 12.0. The lowest BCUT2D eigenvalue weighted by atomic mass is 9.97. The summed E-state index contributed by atoms with van der Waals surface area (Å²) in [5.74, 6) is 0.921. The van der Waals surface area contributed by atoms with E-state index in [1.165, 1.54) is 46.6 Å². The lowest BCUT2D eigenvalue weighted by Crippen LogP contribution is -1.98. The first kappa shape index (κ1) is 17.9. The quantitative estimate of drug-likeness (QED) is 0.497. The van der Waals surface area contributed by atoms with Crippen molar-refractivity contribution in [1.82, 2.24) is 9.36 Å². The molecule has 0 aliphatic carbocycles. The fraction of sp³-hybridized carbons (Fsp3) is 0.429. The summed E-state index contributed by atoms with van der Waals surface area (Å²) >= 11 is 1.49. The van der Waals surface area contributed by atoms with E-state index in [1.54, 1.807) is 0 Å². The molecule has 0 aliphatic heterocycles. The maximum Gasteiger partial charge on any atom is 0.142 e. The van der Waals surface area contributed by atoms with Crippen molar-refractivity contribution in [1.29, 1.82) is 0 Å². The molecule has 3 nitrogen and oxygen atoms in total. The summed E-state index contributed by atoms with van der Waals surface area (Å²) in [6.07, 6.45) is 3.48. The molecule has 0 saturated heterocycles. The number of nitrogens with zero attached hydrogens (tertiary/aromatic N) is 2. The van der Waals surface area contributed by atoms with Gasteiger partial charge in [0, 0.05) is 17.3 Å². The number of unbranched alkanes of at least 4 members (excludes halogenated alkanes) is 2. The van der Waals surface area contributed by atoms with Crippen molar-refractivity contribution in [3.8, 4) is 17.0 Å². The van der Waals surface area contributed by atoms with Gasteiger partial charge in [0.25, 0.3) is 0 Å². The molecular formula is C21H26N2OS. The van der Waals surface area contributed by atoms with E-state index in [0.29, 0.717) is 0 Å². The summed E-state index contributed by atoms with van der Waals surface area (Å²) in [5.41, 5.74) is 7.90. The van der Waals surface area contributed by atoms with Crippen LogP contribution in [0, 0.1) is 27.7 Å². The monoisotopic (exact) mass is 354 g/mol. The first-order valence-electron chi connectivity index (χ1n) is 8.99. The van der Waals surface area contributed by atoms with E-state index in [4.69, 9.17) is 14.1 Å². The molecule has 3 aromatic rings. The Hall–Kier alpha value is -1.94. The van der Waals surface area contributed by atoms with Gasteiger partial charge < -0.3 is 4.74 Å². The third-order valence-corrected chi connectivity index (χ3v) is 5.29. The van der Waals surface area contributed by atoms with Crippen molar-refractivity contribution in [2.45, 2.75) is 53.9 Å². The van der Waals surface area contributed by atoms with Gasteiger partial charge in [-0.05, 0) is 56.8 Å². The molecule has 4 heteroatoms. The zero-order valence-electron chi connectivity index (χ0n) is 15.8. The fourth-order valence-corrected chi connectivity index (χ4v) is 4.17. The Bertz CT molecular complexity index is 875. The molecule has 0 radical (unpaired) electrons. The minimum Gasteiger partial charge on any atom is -0.492 e. The number of rotatable bonds is 6. The molecule has 0 bridgehead atoms. The molecule has 1 aromatic carbocycles. The summed E-state index contributed by atoms with van der Waals surface area (Å²) in [6, 6.07) is 6.46. The number of fused-ring (bicyclic) bond motifs is 1.